The SMILES string of the molecule is Cc1cccc(NC(=O)COC(=O)Cn2cnnn2)c1. The lowest BCUT2D eigenvalue weighted by molar-refractivity contribution is -0.148. The average Bonchev–Trinajstić information content (AvgIpc) is 2.89. The van der Waals surface area contributed by atoms with Gasteiger partial charge in [-0.05, 0) is 35.0 Å². The van der Waals surface area contributed by atoms with Crippen molar-refractivity contribution < 1.29 is 14.3 Å². The van der Waals surface area contributed by atoms with Crippen molar-refractivity contribution >= 4 is 17.6 Å². The number of hydrogen-bond acceptors (Lipinski definition) is 6. The van der Waals surface area contributed by atoms with Gasteiger partial charge in [-0.1, -0.05) is 12.1 Å². The zero-order valence-electron chi connectivity index (χ0n) is 10.8. The summed E-state index contributed by atoms with van der Waals surface area (Å²) in [5.41, 5.74) is 1.69. The fourth-order valence-corrected chi connectivity index (χ4v) is 1.50. The minimum absolute atomic E-state index is 0.134. The van der Waals surface area contributed by atoms with Crippen LogP contribution in [0.5, 0.6) is 0 Å². The Labute approximate surface area is 114 Å². The van der Waals surface area contributed by atoms with Gasteiger partial charge in [0.15, 0.2) is 6.61 Å². The zero-order chi connectivity index (χ0) is 14.4. The Kier molecular flexibility index (Phi) is 4.38. The van der Waals surface area contributed by atoms with Gasteiger partial charge in [0, 0.05) is 5.69 Å². The van der Waals surface area contributed by atoms with Crippen LogP contribution in [0, 0.1) is 6.92 Å². The highest BCUT2D eigenvalue weighted by Crippen LogP contribution is 2.09. The quantitative estimate of drug-likeness (QED) is 0.780. The Morgan fingerprint density at radius 3 is 2.95 bits per heavy atom. The molecule has 1 N–H and O–H groups in total. The molecule has 104 valence electrons. The van der Waals surface area contributed by atoms with Gasteiger partial charge in [0.1, 0.15) is 12.9 Å². The molecular formula is C12H13N5O3. The number of esters is 1. The summed E-state index contributed by atoms with van der Waals surface area (Å²) < 4.78 is 6.02. The van der Waals surface area contributed by atoms with E-state index in [0.717, 1.165) is 5.56 Å². The summed E-state index contributed by atoms with van der Waals surface area (Å²) in [5, 5.41) is 12.9. The normalized spacial score (nSPS) is 10.1. The number of benzene rings is 1. The molecule has 8 heteroatoms. The number of ether oxygens (including phenoxy) is 1. The Morgan fingerprint density at radius 1 is 1.40 bits per heavy atom. The molecule has 0 fully saturated rings. The first-order valence-electron chi connectivity index (χ1n) is 5.86. The second-order valence-corrected chi connectivity index (χ2v) is 4.09. The van der Waals surface area contributed by atoms with Crippen LogP contribution in [-0.2, 0) is 20.9 Å². The molecular weight excluding hydrogens is 262 g/mol. The number of nitrogens with one attached hydrogen (secondary N) is 1. The van der Waals surface area contributed by atoms with E-state index in [1.54, 1.807) is 6.07 Å². The fourth-order valence-electron chi connectivity index (χ4n) is 1.50. The third-order valence-electron chi connectivity index (χ3n) is 2.35. The van der Waals surface area contributed by atoms with Crippen molar-refractivity contribution in [2.45, 2.75) is 13.5 Å². The summed E-state index contributed by atoms with van der Waals surface area (Å²) >= 11 is 0. The maximum absolute atomic E-state index is 11.6. The number of aromatic nitrogens is 4. The first-order chi connectivity index (χ1) is 9.63. The summed E-state index contributed by atoms with van der Waals surface area (Å²) in [6.45, 7) is 1.43. The number of carbonyl (C=O) groups is 2. The molecule has 8 nitrogen and oxygen atoms in total. The van der Waals surface area contributed by atoms with E-state index < -0.39 is 11.9 Å². The molecule has 2 aromatic rings. The van der Waals surface area contributed by atoms with Crippen LogP contribution in [0.1, 0.15) is 5.56 Å². The summed E-state index contributed by atoms with van der Waals surface area (Å²) in [6.07, 6.45) is 1.29. The van der Waals surface area contributed by atoms with Crippen molar-refractivity contribution in [1.82, 2.24) is 20.2 Å². The smallest absolute Gasteiger partial charge is 0.328 e. The van der Waals surface area contributed by atoms with Gasteiger partial charge in [-0.15, -0.1) is 5.10 Å². The summed E-state index contributed by atoms with van der Waals surface area (Å²) in [5.74, 6) is -0.989. The maximum Gasteiger partial charge on any atom is 0.328 e. The molecule has 2 rings (SSSR count). The summed E-state index contributed by atoms with van der Waals surface area (Å²) in [7, 11) is 0. The molecule has 0 spiro atoms. The average molecular weight is 275 g/mol. The van der Waals surface area contributed by atoms with Crippen molar-refractivity contribution in [3.63, 3.8) is 0 Å². The van der Waals surface area contributed by atoms with E-state index in [4.69, 9.17) is 4.74 Å². The number of hydrogen-bond donors (Lipinski definition) is 1. The van der Waals surface area contributed by atoms with Crippen LogP contribution in [0.25, 0.3) is 0 Å². The molecule has 0 aliphatic heterocycles. The topological polar surface area (TPSA) is 99.0 Å². The minimum Gasteiger partial charge on any atom is -0.454 e. The van der Waals surface area contributed by atoms with Gasteiger partial charge < -0.3 is 10.1 Å². The molecule has 1 amide bonds. The Bertz CT molecular complexity index is 597. The van der Waals surface area contributed by atoms with E-state index in [2.05, 4.69) is 20.8 Å². The number of aryl methyl sites for hydroxylation is 1. The standard InChI is InChI=1S/C12H13N5O3/c1-9-3-2-4-10(5-9)14-11(18)7-20-12(19)6-17-8-13-15-16-17/h2-5,8H,6-7H2,1H3,(H,14,18). The van der Waals surface area contributed by atoms with Crippen LogP contribution in [0.15, 0.2) is 30.6 Å². The Balaban J connectivity index is 1.76. The summed E-state index contributed by atoms with van der Waals surface area (Å²) in [6, 6.07) is 7.32. The highest BCUT2D eigenvalue weighted by atomic mass is 16.5. The van der Waals surface area contributed by atoms with E-state index in [-0.39, 0.29) is 13.2 Å². The molecule has 1 aromatic carbocycles. The van der Waals surface area contributed by atoms with Crippen molar-refractivity contribution in [3.8, 4) is 0 Å². The molecule has 1 heterocycles. The predicted molar refractivity (Wildman–Crippen MR) is 68.6 cm³/mol. The van der Waals surface area contributed by atoms with Gasteiger partial charge in [0.2, 0.25) is 0 Å². The molecule has 1 aromatic heterocycles. The van der Waals surface area contributed by atoms with Crippen LogP contribution in [0.2, 0.25) is 0 Å². The molecule has 0 unspecified atom stereocenters. The number of tetrazole rings is 1. The highest BCUT2D eigenvalue weighted by molar-refractivity contribution is 5.92. The molecule has 0 aliphatic rings. The first-order valence-corrected chi connectivity index (χ1v) is 5.86. The van der Waals surface area contributed by atoms with E-state index in [1.807, 2.05) is 25.1 Å². The zero-order valence-corrected chi connectivity index (χ0v) is 10.8. The predicted octanol–water partition coefficient (Wildman–Crippen LogP) is 0.163. The monoisotopic (exact) mass is 275 g/mol. The summed E-state index contributed by atoms with van der Waals surface area (Å²) in [4.78, 5) is 23.0. The van der Waals surface area contributed by atoms with Crippen molar-refractivity contribution in [2.75, 3.05) is 11.9 Å². The van der Waals surface area contributed by atoms with Crippen LogP contribution < -0.4 is 5.32 Å². The number of amides is 1. The molecule has 0 aliphatic carbocycles. The maximum atomic E-state index is 11.6. The molecule has 0 saturated carbocycles. The van der Waals surface area contributed by atoms with E-state index >= 15 is 0 Å². The minimum atomic E-state index is -0.586. The largest absolute Gasteiger partial charge is 0.454 e. The lowest BCUT2D eigenvalue weighted by Gasteiger charge is -2.07. The lowest BCUT2D eigenvalue weighted by atomic mass is 10.2. The Hall–Kier alpha value is -2.77. The first kappa shape index (κ1) is 13.7. The van der Waals surface area contributed by atoms with Crippen molar-refractivity contribution in [1.29, 1.82) is 0 Å². The third-order valence-corrected chi connectivity index (χ3v) is 2.35. The van der Waals surface area contributed by atoms with Crippen molar-refractivity contribution in [2.24, 2.45) is 0 Å². The molecule has 0 radical (unpaired) electrons. The van der Waals surface area contributed by atoms with Crippen LogP contribution in [0.3, 0.4) is 0 Å². The number of nitrogens with zero attached hydrogens (tertiary/aromatic N) is 4. The number of anilines is 1. The van der Waals surface area contributed by atoms with Crippen LogP contribution in [-0.4, -0.2) is 38.7 Å². The molecule has 0 saturated heterocycles. The molecule has 0 bridgehead atoms. The molecule has 20 heavy (non-hydrogen) atoms. The third kappa shape index (κ3) is 4.16. The van der Waals surface area contributed by atoms with Gasteiger partial charge in [0.05, 0.1) is 0 Å². The highest BCUT2D eigenvalue weighted by Gasteiger charge is 2.09. The van der Waals surface area contributed by atoms with E-state index in [0.29, 0.717) is 5.69 Å². The van der Waals surface area contributed by atoms with Crippen molar-refractivity contribution in [3.05, 3.63) is 36.2 Å². The fraction of sp³-hybridized carbons (Fsp3) is 0.250. The second kappa shape index (κ2) is 6.41. The van der Waals surface area contributed by atoms with Gasteiger partial charge in [-0.2, -0.15) is 0 Å². The number of rotatable bonds is 5. The van der Waals surface area contributed by atoms with E-state index in [9.17, 15) is 9.59 Å². The lowest BCUT2D eigenvalue weighted by Crippen LogP contribution is -2.23. The Morgan fingerprint density at radius 2 is 2.25 bits per heavy atom. The van der Waals surface area contributed by atoms with E-state index in [1.165, 1.54) is 11.0 Å². The number of carbonyl (C=O) groups excluding carboxylic acids is 2. The van der Waals surface area contributed by atoms with Crippen LogP contribution in [0.4, 0.5) is 5.69 Å². The second-order valence-electron chi connectivity index (χ2n) is 4.09. The van der Waals surface area contributed by atoms with Gasteiger partial charge in [-0.3, -0.25) is 9.59 Å². The molecule has 0 atom stereocenters. The van der Waals surface area contributed by atoms with Gasteiger partial charge >= 0.3 is 5.97 Å². The van der Waals surface area contributed by atoms with Gasteiger partial charge in [-0.25, -0.2) is 4.68 Å². The van der Waals surface area contributed by atoms with Gasteiger partial charge in [0.25, 0.3) is 5.91 Å². The van der Waals surface area contributed by atoms with Crippen LogP contribution >= 0.6 is 0 Å².